The molecule has 0 aliphatic carbocycles. The van der Waals surface area contributed by atoms with E-state index in [1.165, 1.54) is 13.8 Å². The van der Waals surface area contributed by atoms with Gasteiger partial charge in [0, 0.05) is 0 Å². The first-order valence-corrected chi connectivity index (χ1v) is 4.18. The summed E-state index contributed by atoms with van der Waals surface area (Å²) >= 11 is 0. The number of carbonyl (C=O) groups is 1. The third kappa shape index (κ3) is 1.74. The predicted octanol–water partition coefficient (Wildman–Crippen LogP) is 0.452. The fourth-order valence-electron chi connectivity index (χ4n) is 0.763. The van der Waals surface area contributed by atoms with Crippen molar-refractivity contribution in [2.75, 3.05) is 0 Å². The fraction of sp³-hybridized carbons (Fsp3) is 0.625. The molecule has 0 radical (unpaired) electrons. The van der Waals surface area contributed by atoms with Crippen LogP contribution < -0.4 is 5.73 Å². The van der Waals surface area contributed by atoms with Gasteiger partial charge >= 0.3 is 5.97 Å². The van der Waals surface area contributed by atoms with Crippen molar-refractivity contribution in [2.45, 2.75) is 32.2 Å². The molecule has 1 aromatic heterocycles. The molecule has 3 N–H and O–H groups in total. The normalized spacial score (nSPS) is 14.0. The molecule has 1 atom stereocenters. The van der Waals surface area contributed by atoms with Crippen LogP contribution in [0, 0.1) is 0 Å². The molecule has 1 aromatic rings. The summed E-state index contributed by atoms with van der Waals surface area (Å²) in [7, 11) is 0. The Hall–Kier alpha value is -1.43. The van der Waals surface area contributed by atoms with Gasteiger partial charge in [-0.2, -0.15) is 0 Å². The smallest absolute Gasteiger partial charge is 0.318 e. The molecule has 6 heteroatoms. The lowest BCUT2D eigenvalue weighted by Crippen LogP contribution is -2.28. The largest absolute Gasteiger partial charge is 0.480 e. The van der Waals surface area contributed by atoms with Crippen molar-refractivity contribution < 1.29 is 14.3 Å². The number of nitrogens with two attached hydrogens (primary N) is 1. The van der Waals surface area contributed by atoms with E-state index in [-0.39, 0.29) is 17.8 Å². The zero-order valence-electron chi connectivity index (χ0n) is 8.31. The fourth-order valence-corrected chi connectivity index (χ4v) is 0.763. The molecular formula is C8H13N3O3. The van der Waals surface area contributed by atoms with Crippen LogP contribution in [0.1, 0.15) is 38.6 Å². The molecule has 1 heterocycles. The van der Waals surface area contributed by atoms with Crippen molar-refractivity contribution in [1.29, 1.82) is 0 Å². The lowest BCUT2D eigenvalue weighted by atomic mass is 9.94. The summed E-state index contributed by atoms with van der Waals surface area (Å²) < 4.78 is 5.14. The van der Waals surface area contributed by atoms with E-state index >= 15 is 0 Å². The molecule has 6 nitrogen and oxygen atoms in total. The average molecular weight is 199 g/mol. The Morgan fingerprint density at radius 1 is 1.57 bits per heavy atom. The minimum Gasteiger partial charge on any atom is -0.480 e. The van der Waals surface area contributed by atoms with Gasteiger partial charge in [0.2, 0.25) is 11.8 Å². The summed E-state index contributed by atoms with van der Waals surface area (Å²) in [5, 5.41) is 16.2. The molecule has 0 aromatic carbocycles. The zero-order chi connectivity index (χ0) is 10.9. The van der Waals surface area contributed by atoms with Gasteiger partial charge in [0.25, 0.3) is 0 Å². The monoisotopic (exact) mass is 199 g/mol. The Morgan fingerprint density at radius 2 is 2.14 bits per heavy atom. The number of nitrogens with zero attached hydrogens (tertiary/aromatic N) is 2. The Labute approximate surface area is 81.1 Å². The van der Waals surface area contributed by atoms with Gasteiger partial charge in [0.15, 0.2) is 0 Å². The minimum absolute atomic E-state index is 0.0669. The Morgan fingerprint density at radius 3 is 2.50 bits per heavy atom. The van der Waals surface area contributed by atoms with E-state index < -0.39 is 11.4 Å². The highest BCUT2D eigenvalue weighted by Crippen LogP contribution is 2.23. The second-order valence-corrected chi connectivity index (χ2v) is 3.66. The van der Waals surface area contributed by atoms with E-state index in [1.807, 2.05) is 0 Å². The molecule has 78 valence electrons. The highest BCUT2D eigenvalue weighted by molar-refractivity contribution is 5.78. The summed E-state index contributed by atoms with van der Waals surface area (Å²) in [6.45, 7) is 4.67. The van der Waals surface area contributed by atoms with Crippen molar-refractivity contribution >= 4 is 5.97 Å². The highest BCUT2D eigenvalue weighted by Gasteiger charge is 2.35. The number of carboxylic acid groups (broad SMARTS) is 1. The Balaban J connectivity index is 3.03. The lowest BCUT2D eigenvalue weighted by Gasteiger charge is -2.12. The van der Waals surface area contributed by atoms with Gasteiger partial charge in [-0.15, -0.1) is 10.2 Å². The lowest BCUT2D eigenvalue weighted by molar-refractivity contribution is -0.143. The maximum Gasteiger partial charge on any atom is 0.318 e. The van der Waals surface area contributed by atoms with Crippen LogP contribution in [0.2, 0.25) is 0 Å². The van der Waals surface area contributed by atoms with E-state index in [0.717, 1.165) is 0 Å². The van der Waals surface area contributed by atoms with Gasteiger partial charge in [-0.1, -0.05) is 0 Å². The third-order valence-corrected chi connectivity index (χ3v) is 1.90. The van der Waals surface area contributed by atoms with E-state index in [1.54, 1.807) is 6.92 Å². The molecular weight excluding hydrogens is 186 g/mol. The molecule has 14 heavy (non-hydrogen) atoms. The van der Waals surface area contributed by atoms with Crippen LogP contribution in [-0.4, -0.2) is 21.3 Å². The minimum atomic E-state index is -1.18. The molecule has 1 rings (SSSR count). The van der Waals surface area contributed by atoms with Gasteiger partial charge in [0.1, 0.15) is 5.41 Å². The van der Waals surface area contributed by atoms with Gasteiger partial charge in [-0.3, -0.25) is 4.79 Å². The third-order valence-electron chi connectivity index (χ3n) is 1.90. The maximum absolute atomic E-state index is 10.8. The van der Waals surface area contributed by atoms with Crippen LogP contribution >= 0.6 is 0 Å². The van der Waals surface area contributed by atoms with Crippen LogP contribution in [-0.2, 0) is 10.2 Å². The number of carboxylic acids is 1. The van der Waals surface area contributed by atoms with Crippen LogP contribution in [0.25, 0.3) is 0 Å². The van der Waals surface area contributed by atoms with Crippen molar-refractivity contribution in [3.8, 4) is 0 Å². The summed E-state index contributed by atoms with van der Waals surface area (Å²) in [5.41, 5.74) is 4.32. The SMILES string of the molecule is C[C@H](N)c1nnc(C(C)(C)C(=O)O)o1. The van der Waals surface area contributed by atoms with Crippen molar-refractivity contribution in [1.82, 2.24) is 10.2 Å². The molecule has 0 unspecified atom stereocenters. The number of rotatable bonds is 3. The molecule has 0 fully saturated rings. The van der Waals surface area contributed by atoms with E-state index in [2.05, 4.69) is 10.2 Å². The first-order chi connectivity index (χ1) is 6.35. The summed E-state index contributed by atoms with van der Waals surface area (Å²) in [6.07, 6.45) is 0. The number of hydrogen-bond donors (Lipinski definition) is 2. The molecule has 0 bridgehead atoms. The quantitative estimate of drug-likeness (QED) is 0.732. The standard InChI is InChI=1S/C8H13N3O3/c1-4(9)5-10-11-6(14-5)8(2,3)7(12)13/h4H,9H2,1-3H3,(H,12,13)/t4-/m0/s1. The van der Waals surface area contributed by atoms with Crippen LogP contribution in [0.4, 0.5) is 0 Å². The Bertz CT molecular complexity index is 343. The van der Waals surface area contributed by atoms with E-state index in [4.69, 9.17) is 15.3 Å². The topological polar surface area (TPSA) is 102 Å². The number of aromatic nitrogens is 2. The van der Waals surface area contributed by atoms with Crippen molar-refractivity contribution in [3.63, 3.8) is 0 Å². The molecule has 0 saturated heterocycles. The molecule has 0 aliphatic rings. The number of hydrogen-bond acceptors (Lipinski definition) is 5. The van der Waals surface area contributed by atoms with Gasteiger partial charge in [-0.25, -0.2) is 0 Å². The second kappa shape index (κ2) is 3.38. The van der Waals surface area contributed by atoms with Crippen LogP contribution in [0.15, 0.2) is 4.42 Å². The summed E-state index contributed by atoms with van der Waals surface area (Å²) in [6, 6.07) is -0.388. The zero-order valence-corrected chi connectivity index (χ0v) is 8.31. The van der Waals surface area contributed by atoms with E-state index in [0.29, 0.717) is 0 Å². The first-order valence-electron chi connectivity index (χ1n) is 4.18. The molecule has 0 saturated carbocycles. The predicted molar refractivity (Wildman–Crippen MR) is 47.6 cm³/mol. The maximum atomic E-state index is 10.8. The van der Waals surface area contributed by atoms with Crippen LogP contribution in [0.3, 0.4) is 0 Å². The van der Waals surface area contributed by atoms with E-state index in [9.17, 15) is 4.79 Å². The molecule has 0 spiro atoms. The van der Waals surface area contributed by atoms with Gasteiger partial charge in [-0.05, 0) is 20.8 Å². The average Bonchev–Trinajstić information content (AvgIpc) is 2.51. The first kappa shape index (κ1) is 10.6. The molecule has 0 aliphatic heterocycles. The summed E-state index contributed by atoms with van der Waals surface area (Å²) in [5.74, 6) is -0.705. The van der Waals surface area contributed by atoms with Crippen molar-refractivity contribution in [2.24, 2.45) is 5.73 Å². The van der Waals surface area contributed by atoms with Crippen molar-refractivity contribution in [3.05, 3.63) is 11.8 Å². The second-order valence-electron chi connectivity index (χ2n) is 3.66. The highest BCUT2D eigenvalue weighted by atomic mass is 16.4. The van der Waals surface area contributed by atoms with Gasteiger partial charge < -0.3 is 15.3 Å². The molecule has 0 amide bonds. The summed E-state index contributed by atoms with van der Waals surface area (Å²) in [4.78, 5) is 10.8. The Kier molecular flexibility index (Phi) is 2.57. The number of aliphatic carboxylic acids is 1. The van der Waals surface area contributed by atoms with Gasteiger partial charge in [0.05, 0.1) is 6.04 Å². The van der Waals surface area contributed by atoms with Crippen LogP contribution in [0.5, 0.6) is 0 Å².